The van der Waals surface area contributed by atoms with Gasteiger partial charge in [-0.15, -0.1) is 0 Å². The number of pyridine rings is 1. The Morgan fingerprint density at radius 2 is 1.74 bits per heavy atom. The normalized spacial score (nSPS) is 16.1. The first-order valence-electron chi connectivity index (χ1n) is 12.3. The van der Waals surface area contributed by atoms with E-state index in [1.165, 1.54) is 22.3 Å². The van der Waals surface area contributed by atoms with Crippen LogP contribution in [0, 0.1) is 13.8 Å². The Balaban J connectivity index is 1.26. The number of benzene rings is 2. The van der Waals surface area contributed by atoms with E-state index in [2.05, 4.69) is 64.3 Å². The Kier molecular flexibility index (Phi) is 6.93. The van der Waals surface area contributed by atoms with E-state index in [0.29, 0.717) is 18.7 Å². The smallest absolute Gasteiger partial charge is 0.255 e. The van der Waals surface area contributed by atoms with Gasteiger partial charge in [0.2, 0.25) is 0 Å². The SMILES string of the molecule is Cc1ccc(C)c(CN2CCNc3ncc(C(=O)N4CCN(Cc5ccc(Cl)cc5)CC4)cc32)c1. The summed E-state index contributed by atoms with van der Waals surface area (Å²) in [6, 6.07) is 16.6. The second-order valence-corrected chi connectivity index (χ2v) is 10.0. The lowest BCUT2D eigenvalue weighted by Gasteiger charge is -2.35. The van der Waals surface area contributed by atoms with E-state index in [9.17, 15) is 4.79 Å². The van der Waals surface area contributed by atoms with Crippen LogP contribution < -0.4 is 10.2 Å². The third kappa shape index (κ3) is 5.44. The van der Waals surface area contributed by atoms with Crippen LogP contribution in [0.4, 0.5) is 11.5 Å². The monoisotopic (exact) mass is 489 g/mol. The molecule has 1 N–H and O–H groups in total. The largest absolute Gasteiger partial charge is 0.367 e. The zero-order chi connectivity index (χ0) is 24.4. The summed E-state index contributed by atoms with van der Waals surface area (Å²) in [5.41, 5.74) is 6.76. The topological polar surface area (TPSA) is 51.7 Å². The van der Waals surface area contributed by atoms with Crippen LogP contribution in [0.5, 0.6) is 0 Å². The van der Waals surface area contributed by atoms with E-state index < -0.39 is 0 Å². The maximum Gasteiger partial charge on any atom is 0.255 e. The van der Waals surface area contributed by atoms with Crippen molar-refractivity contribution in [1.82, 2.24) is 14.8 Å². The molecule has 1 fully saturated rings. The Morgan fingerprint density at radius 3 is 2.51 bits per heavy atom. The number of rotatable bonds is 5. The number of halogens is 1. The molecule has 0 unspecified atom stereocenters. The molecule has 0 bridgehead atoms. The lowest BCUT2D eigenvalue weighted by Crippen LogP contribution is -2.48. The van der Waals surface area contributed by atoms with Crippen LogP contribution in [0.15, 0.2) is 54.7 Å². The summed E-state index contributed by atoms with van der Waals surface area (Å²) in [6.45, 7) is 10.8. The first-order valence-corrected chi connectivity index (χ1v) is 12.6. The zero-order valence-electron chi connectivity index (χ0n) is 20.4. The van der Waals surface area contributed by atoms with Gasteiger partial charge in [0.1, 0.15) is 5.82 Å². The minimum Gasteiger partial charge on any atom is -0.367 e. The molecule has 0 atom stereocenters. The molecular formula is C28H32ClN5O. The third-order valence-electron chi connectivity index (χ3n) is 6.97. The van der Waals surface area contributed by atoms with E-state index in [-0.39, 0.29) is 5.91 Å². The van der Waals surface area contributed by atoms with Gasteiger partial charge in [0.25, 0.3) is 5.91 Å². The number of amides is 1. The van der Waals surface area contributed by atoms with Crippen molar-refractivity contribution >= 4 is 29.0 Å². The number of fused-ring (bicyclic) bond motifs is 1. The fourth-order valence-electron chi connectivity index (χ4n) is 4.86. The van der Waals surface area contributed by atoms with Crippen LogP contribution in [-0.2, 0) is 13.1 Å². The van der Waals surface area contributed by atoms with Crippen molar-refractivity contribution < 1.29 is 4.79 Å². The van der Waals surface area contributed by atoms with Crippen molar-refractivity contribution in [3.63, 3.8) is 0 Å². The van der Waals surface area contributed by atoms with Crippen LogP contribution in [0.25, 0.3) is 0 Å². The number of aryl methyl sites for hydroxylation is 2. The lowest BCUT2D eigenvalue weighted by molar-refractivity contribution is 0.0628. The summed E-state index contributed by atoms with van der Waals surface area (Å²) < 4.78 is 0. The lowest BCUT2D eigenvalue weighted by atomic mass is 10.0. The van der Waals surface area contributed by atoms with Crippen LogP contribution in [-0.4, -0.2) is 60.0 Å². The Hall–Kier alpha value is -3.09. The molecular weight excluding hydrogens is 458 g/mol. The third-order valence-corrected chi connectivity index (χ3v) is 7.23. The highest BCUT2D eigenvalue weighted by Gasteiger charge is 2.25. The quantitative estimate of drug-likeness (QED) is 0.561. The van der Waals surface area contributed by atoms with Gasteiger partial charge >= 0.3 is 0 Å². The molecule has 6 nitrogen and oxygen atoms in total. The molecule has 0 spiro atoms. The molecule has 0 aliphatic carbocycles. The molecule has 182 valence electrons. The molecule has 0 radical (unpaired) electrons. The number of carbonyl (C=O) groups excluding carboxylic acids is 1. The highest BCUT2D eigenvalue weighted by molar-refractivity contribution is 6.30. The number of anilines is 2. The molecule has 1 saturated heterocycles. The minimum atomic E-state index is 0.0590. The summed E-state index contributed by atoms with van der Waals surface area (Å²) in [5.74, 6) is 0.912. The molecule has 2 aliphatic rings. The summed E-state index contributed by atoms with van der Waals surface area (Å²) in [4.78, 5) is 24.7. The number of nitrogens with zero attached hydrogens (tertiary/aromatic N) is 4. The van der Waals surface area contributed by atoms with Crippen molar-refractivity contribution in [3.8, 4) is 0 Å². The second kappa shape index (κ2) is 10.3. The average molecular weight is 490 g/mol. The average Bonchev–Trinajstić information content (AvgIpc) is 2.87. The van der Waals surface area contributed by atoms with E-state index >= 15 is 0 Å². The zero-order valence-corrected chi connectivity index (χ0v) is 21.2. The van der Waals surface area contributed by atoms with E-state index in [0.717, 1.165) is 55.8 Å². The Labute approximate surface area is 212 Å². The Morgan fingerprint density at radius 1 is 0.971 bits per heavy atom. The standard InChI is InChI=1S/C28H32ClN5O/c1-20-3-4-21(2)24(15-20)19-34-10-9-30-27-26(34)16-23(17-31-27)28(35)33-13-11-32(12-14-33)18-22-5-7-25(29)8-6-22/h3-8,15-17H,9-14,18-19H2,1-2H3,(H,30,31). The van der Waals surface area contributed by atoms with Crippen LogP contribution in [0.1, 0.15) is 32.6 Å². The first kappa shape index (κ1) is 23.6. The predicted octanol–water partition coefficient (Wildman–Crippen LogP) is 4.74. The van der Waals surface area contributed by atoms with Gasteiger partial charge in [0.15, 0.2) is 0 Å². The van der Waals surface area contributed by atoms with Crippen molar-refractivity contribution in [1.29, 1.82) is 0 Å². The Bertz CT molecular complexity index is 1200. The van der Waals surface area contributed by atoms with E-state index in [4.69, 9.17) is 11.6 Å². The molecule has 2 aromatic carbocycles. The van der Waals surface area contributed by atoms with Gasteiger partial charge in [-0.1, -0.05) is 47.5 Å². The van der Waals surface area contributed by atoms with Crippen molar-refractivity contribution in [2.45, 2.75) is 26.9 Å². The predicted molar refractivity (Wildman–Crippen MR) is 142 cm³/mol. The molecule has 3 aromatic rings. The maximum atomic E-state index is 13.4. The van der Waals surface area contributed by atoms with Crippen LogP contribution >= 0.6 is 11.6 Å². The van der Waals surface area contributed by atoms with Crippen molar-refractivity contribution in [2.75, 3.05) is 49.5 Å². The van der Waals surface area contributed by atoms with Crippen LogP contribution in [0.3, 0.4) is 0 Å². The summed E-state index contributed by atoms with van der Waals surface area (Å²) in [6.07, 6.45) is 1.72. The van der Waals surface area contributed by atoms with Gasteiger partial charge in [0.05, 0.1) is 11.3 Å². The number of aromatic nitrogens is 1. The number of nitrogens with one attached hydrogen (secondary N) is 1. The number of hydrogen-bond donors (Lipinski definition) is 1. The summed E-state index contributed by atoms with van der Waals surface area (Å²) in [5, 5.41) is 4.15. The van der Waals surface area contributed by atoms with Crippen molar-refractivity contribution in [2.24, 2.45) is 0 Å². The molecule has 3 heterocycles. The highest BCUT2D eigenvalue weighted by Crippen LogP contribution is 2.30. The maximum absolute atomic E-state index is 13.4. The van der Waals surface area contributed by atoms with E-state index in [1.807, 2.05) is 23.1 Å². The molecule has 2 aliphatic heterocycles. The molecule has 5 rings (SSSR count). The first-order chi connectivity index (χ1) is 17.0. The van der Waals surface area contributed by atoms with Gasteiger partial charge in [-0.25, -0.2) is 4.98 Å². The number of carbonyl (C=O) groups is 1. The molecule has 0 saturated carbocycles. The van der Waals surface area contributed by atoms with Gasteiger partial charge in [0, 0.05) is 63.6 Å². The fourth-order valence-corrected chi connectivity index (χ4v) is 4.98. The van der Waals surface area contributed by atoms with Gasteiger partial charge in [-0.05, 0) is 48.7 Å². The number of piperazine rings is 1. The molecule has 1 amide bonds. The highest BCUT2D eigenvalue weighted by atomic mass is 35.5. The fraction of sp³-hybridized carbons (Fsp3) is 0.357. The van der Waals surface area contributed by atoms with Crippen LogP contribution in [0.2, 0.25) is 5.02 Å². The summed E-state index contributed by atoms with van der Waals surface area (Å²) >= 11 is 6.00. The van der Waals surface area contributed by atoms with Gasteiger partial charge in [-0.3, -0.25) is 9.69 Å². The van der Waals surface area contributed by atoms with E-state index in [1.54, 1.807) is 6.20 Å². The molecule has 1 aromatic heterocycles. The molecule has 35 heavy (non-hydrogen) atoms. The van der Waals surface area contributed by atoms with Gasteiger partial charge < -0.3 is 15.1 Å². The summed E-state index contributed by atoms with van der Waals surface area (Å²) in [7, 11) is 0. The number of hydrogen-bond acceptors (Lipinski definition) is 5. The molecule has 7 heteroatoms. The second-order valence-electron chi connectivity index (χ2n) is 9.56. The van der Waals surface area contributed by atoms with Crippen molar-refractivity contribution in [3.05, 3.63) is 87.6 Å². The minimum absolute atomic E-state index is 0.0590. The van der Waals surface area contributed by atoms with Gasteiger partial charge in [-0.2, -0.15) is 0 Å².